The smallest absolute Gasteiger partial charge is 0.175 e. The van der Waals surface area contributed by atoms with Crippen molar-refractivity contribution < 1.29 is 0 Å². The highest BCUT2D eigenvalue weighted by Gasteiger charge is 2.02. The molecule has 0 aliphatic carbocycles. The second kappa shape index (κ2) is 7.18. The van der Waals surface area contributed by atoms with E-state index in [1.165, 1.54) is 4.90 Å². The van der Waals surface area contributed by atoms with Gasteiger partial charge in [0.15, 0.2) is 5.11 Å². The molecule has 0 aliphatic heterocycles. The molecule has 2 aromatic rings. The van der Waals surface area contributed by atoms with Crippen LogP contribution in [0.15, 0.2) is 47.4 Å². The zero-order valence-electron chi connectivity index (χ0n) is 10.6. The fourth-order valence-electron chi connectivity index (χ4n) is 1.62. The van der Waals surface area contributed by atoms with Crippen LogP contribution in [0.2, 0.25) is 10.0 Å². The lowest BCUT2D eigenvalue weighted by Crippen LogP contribution is -2.19. The Morgan fingerprint density at radius 3 is 2.30 bits per heavy atom. The maximum atomic E-state index is 5.94. The van der Waals surface area contributed by atoms with Crippen LogP contribution in [0, 0.1) is 0 Å². The second-order valence-electron chi connectivity index (χ2n) is 3.97. The number of hydrogen-bond acceptors (Lipinski definition) is 2. The van der Waals surface area contributed by atoms with Gasteiger partial charge >= 0.3 is 0 Å². The molecule has 0 aromatic heterocycles. The van der Waals surface area contributed by atoms with E-state index >= 15 is 0 Å². The summed E-state index contributed by atoms with van der Waals surface area (Å²) in [4.78, 5) is 1.17. The molecule has 2 N–H and O–H groups in total. The van der Waals surface area contributed by atoms with E-state index in [1.807, 2.05) is 30.5 Å². The van der Waals surface area contributed by atoms with Crippen LogP contribution in [0.25, 0.3) is 0 Å². The summed E-state index contributed by atoms with van der Waals surface area (Å²) >= 11 is 18.8. The number of thioether (sulfide) groups is 1. The minimum atomic E-state index is 0.488. The average Bonchev–Trinajstić information content (AvgIpc) is 2.37. The van der Waals surface area contributed by atoms with Crippen LogP contribution in [-0.4, -0.2) is 11.4 Å². The third-order valence-electron chi connectivity index (χ3n) is 2.45. The number of benzene rings is 2. The number of hydrogen-bond donors (Lipinski definition) is 2. The van der Waals surface area contributed by atoms with Crippen molar-refractivity contribution in [1.82, 2.24) is 0 Å². The Kier molecular flexibility index (Phi) is 5.54. The molecule has 0 amide bonds. The highest BCUT2D eigenvalue weighted by molar-refractivity contribution is 7.98. The van der Waals surface area contributed by atoms with Gasteiger partial charge in [-0.1, -0.05) is 29.3 Å². The minimum absolute atomic E-state index is 0.488. The Morgan fingerprint density at radius 1 is 1.00 bits per heavy atom. The molecule has 0 unspecified atom stereocenters. The predicted octanol–water partition coefficient (Wildman–Crippen LogP) is 5.52. The third kappa shape index (κ3) is 4.56. The zero-order valence-corrected chi connectivity index (χ0v) is 13.8. The molecule has 0 bridgehead atoms. The Labute approximate surface area is 137 Å². The fraction of sp³-hybridized carbons (Fsp3) is 0.0714. The number of thiocarbonyl (C=S) groups is 1. The van der Waals surface area contributed by atoms with Gasteiger partial charge in [0.05, 0.1) is 0 Å². The van der Waals surface area contributed by atoms with Crippen molar-refractivity contribution in [2.24, 2.45) is 0 Å². The topological polar surface area (TPSA) is 24.1 Å². The number of halogens is 2. The van der Waals surface area contributed by atoms with Gasteiger partial charge in [-0.3, -0.25) is 0 Å². The maximum absolute atomic E-state index is 5.94. The third-order valence-corrected chi connectivity index (χ3v) is 3.81. The van der Waals surface area contributed by atoms with Crippen LogP contribution >= 0.6 is 47.2 Å². The maximum Gasteiger partial charge on any atom is 0.175 e. The van der Waals surface area contributed by atoms with Crippen molar-refractivity contribution in [3.63, 3.8) is 0 Å². The lowest BCUT2D eigenvalue weighted by molar-refractivity contribution is 1.46. The van der Waals surface area contributed by atoms with Gasteiger partial charge in [-0.15, -0.1) is 11.8 Å². The van der Waals surface area contributed by atoms with E-state index < -0.39 is 0 Å². The lowest BCUT2D eigenvalue weighted by Gasteiger charge is -2.11. The van der Waals surface area contributed by atoms with E-state index in [-0.39, 0.29) is 0 Å². The van der Waals surface area contributed by atoms with Crippen molar-refractivity contribution in [2.45, 2.75) is 4.90 Å². The molecule has 0 saturated carbocycles. The van der Waals surface area contributed by atoms with Crippen LogP contribution in [-0.2, 0) is 0 Å². The summed E-state index contributed by atoms with van der Waals surface area (Å²) < 4.78 is 0. The summed E-state index contributed by atoms with van der Waals surface area (Å²) in [5.41, 5.74) is 1.68. The molecule has 2 nitrogen and oxygen atoms in total. The van der Waals surface area contributed by atoms with Gasteiger partial charge in [-0.2, -0.15) is 0 Å². The molecule has 6 heteroatoms. The molecule has 0 aliphatic rings. The van der Waals surface area contributed by atoms with Crippen molar-refractivity contribution in [1.29, 1.82) is 0 Å². The van der Waals surface area contributed by atoms with Crippen LogP contribution in [0.1, 0.15) is 0 Å². The highest BCUT2D eigenvalue weighted by atomic mass is 35.5. The molecular formula is C14H12Cl2N2S2. The van der Waals surface area contributed by atoms with Gasteiger partial charge in [0, 0.05) is 26.3 Å². The van der Waals surface area contributed by atoms with Crippen LogP contribution in [0.4, 0.5) is 11.4 Å². The first-order chi connectivity index (χ1) is 9.56. The van der Waals surface area contributed by atoms with Crippen molar-refractivity contribution in [3.05, 3.63) is 52.5 Å². The van der Waals surface area contributed by atoms with Gasteiger partial charge in [0.2, 0.25) is 0 Å². The van der Waals surface area contributed by atoms with Gasteiger partial charge in [-0.05, 0) is 54.9 Å². The monoisotopic (exact) mass is 342 g/mol. The number of anilines is 2. The van der Waals surface area contributed by atoms with Crippen LogP contribution in [0.5, 0.6) is 0 Å². The van der Waals surface area contributed by atoms with E-state index in [4.69, 9.17) is 35.4 Å². The van der Waals surface area contributed by atoms with E-state index in [0.717, 1.165) is 11.4 Å². The Hall–Kier alpha value is -0.940. The molecule has 20 heavy (non-hydrogen) atoms. The van der Waals surface area contributed by atoms with Gasteiger partial charge in [0.25, 0.3) is 0 Å². The average molecular weight is 343 g/mol. The van der Waals surface area contributed by atoms with Crippen LogP contribution in [0.3, 0.4) is 0 Å². The second-order valence-corrected chi connectivity index (χ2v) is 6.13. The molecule has 0 spiro atoms. The van der Waals surface area contributed by atoms with Crippen molar-refractivity contribution in [3.8, 4) is 0 Å². The quantitative estimate of drug-likeness (QED) is 0.566. The molecule has 0 saturated heterocycles. The summed E-state index contributed by atoms with van der Waals surface area (Å²) in [6, 6.07) is 13.2. The molecule has 0 radical (unpaired) electrons. The molecule has 0 fully saturated rings. The summed E-state index contributed by atoms with van der Waals surface area (Å²) in [6.45, 7) is 0. The number of nitrogens with one attached hydrogen (secondary N) is 2. The molecule has 2 aromatic carbocycles. The van der Waals surface area contributed by atoms with Crippen LogP contribution < -0.4 is 10.6 Å². The molecule has 104 valence electrons. The van der Waals surface area contributed by atoms with E-state index in [9.17, 15) is 0 Å². The minimum Gasteiger partial charge on any atom is -0.332 e. The molecule has 0 atom stereocenters. The van der Waals surface area contributed by atoms with Crippen molar-refractivity contribution in [2.75, 3.05) is 16.9 Å². The summed E-state index contributed by atoms with van der Waals surface area (Å²) in [5.74, 6) is 0. The fourth-order valence-corrected chi connectivity index (χ4v) is 2.84. The van der Waals surface area contributed by atoms with Crippen molar-refractivity contribution >= 4 is 63.7 Å². The van der Waals surface area contributed by atoms with E-state index in [2.05, 4.69) is 10.6 Å². The Balaban J connectivity index is 2.04. The van der Waals surface area contributed by atoms with Gasteiger partial charge in [0.1, 0.15) is 0 Å². The SMILES string of the molecule is CSc1cccc(NC(=S)Nc2cc(Cl)cc(Cl)c2)c1. The number of rotatable bonds is 3. The summed E-state index contributed by atoms with van der Waals surface area (Å²) in [6.07, 6.45) is 2.03. The molecular weight excluding hydrogens is 331 g/mol. The standard InChI is InChI=1S/C14H12Cl2N2S2/c1-20-13-4-2-3-11(8-13)17-14(19)18-12-6-9(15)5-10(16)7-12/h2-8H,1H3,(H2,17,18,19). The van der Waals surface area contributed by atoms with E-state index in [0.29, 0.717) is 15.2 Å². The Morgan fingerprint density at radius 2 is 1.65 bits per heavy atom. The first kappa shape index (κ1) is 15.4. The highest BCUT2D eigenvalue weighted by Crippen LogP contribution is 2.23. The normalized spacial score (nSPS) is 10.2. The predicted molar refractivity (Wildman–Crippen MR) is 94.5 cm³/mol. The lowest BCUT2D eigenvalue weighted by atomic mass is 10.3. The summed E-state index contributed by atoms with van der Waals surface area (Å²) in [7, 11) is 0. The summed E-state index contributed by atoms with van der Waals surface area (Å²) in [5, 5.41) is 7.79. The Bertz CT molecular complexity index is 612. The van der Waals surface area contributed by atoms with E-state index in [1.54, 1.807) is 30.0 Å². The molecule has 2 rings (SSSR count). The molecule has 0 heterocycles. The largest absolute Gasteiger partial charge is 0.332 e. The zero-order chi connectivity index (χ0) is 14.5. The first-order valence-electron chi connectivity index (χ1n) is 5.75. The van der Waals surface area contributed by atoms with Gasteiger partial charge < -0.3 is 10.6 Å². The van der Waals surface area contributed by atoms with Gasteiger partial charge in [-0.25, -0.2) is 0 Å². The first-order valence-corrected chi connectivity index (χ1v) is 8.14.